The third-order valence-corrected chi connectivity index (χ3v) is 18.4. The minimum Gasteiger partial charge on any atom is -0.508 e. The maximum absolute atomic E-state index is 13.5. The summed E-state index contributed by atoms with van der Waals surface area (Å²) in [5.41, 5.74) is 8.50. The van der Waals surface area contributed by atoms with Gasteiger partial charge in [0.1, 0.15) is 64.2 Å². The second-order valence-electron chi connectivity index (χ2n) is 24.6. The molecule has 20 nitrogen and oxygen atoms in total. The molecular formula is C74H75ClFN6O14+. The molecular weight excluding hydrogens is 1250 g/mol. The first-order chi connectivity index (χ1) is 46.3. The number of quaternary nitrogens is 1. The van der Waals surface area contributed by atoms with Crippen LogP contribution in [0.5, 0.6) is 74.7 Å². The molecule has 6 N–H and O–H groups in total. The van der Waals surface area contributed by atoms with Crippen LogP contribution in [0.15, 0.2) is 149 Å². The Kier molecular flexibility index (Phi) is 19.6. The predicted octanol–water partition coefficient (Wildman–Crippen LogP) is 13.6. The molecule has 0 unspecified atom stereocenters. The molecule has 2 aromatic heterocycles. The Bertz CT molecular complexity index is 4550. The van der Waals surface area contributed by atoms with Crippen molar-refractivity contribution in [3.05, 3.63) is 194 Å². The van der Waals surface area contributed by atoms with Crippen LogP contribution in [0, 0.1) is 5.82 Å². The number of rotatable bonds is 11. The zero-order valence-corrected chi connectivity index (χ0v) is 54.8. The van der Waals surface area contributed by atoms with Crippen molar-refractivity contribution in [3.8, 4) is 85.9 Å². The van der Waals surface area contributed by atoms with Crippen molar-refractivity contribution in [2.45, 2.75) is 44.2 Å². The molecule has 7 heterocycles. The number of halogens is 2. The molecule has 5 aliphatic heterocycles. The van der Waals surface area contributed by atoms with E-state index in [0.29, 0.717) is 86.1 Å². The number of benzene rings is 8. The van der Waals surface area contributed by atoms with Crippen molar-refractivity contribution in [1.29, 1.82) is 0 Å². The van der Waals surface area contributed by atoms with Crippen LogP contribution in [0.25, 0.3) is 33.0 Å². The second kappa shape index (κ2) is 28.5. The minimum absolute atomic E-state index is 0.00157. The second-order valence-corrected chi connectivity index (χ2v) is 25.0. The first-order valence-electron chi connectivity index (χ1n) is 31.5. The summed E-state index contributed by atoms with van der Waals surface area (Å²) in [6.07, 6.45) is 6.77. The third-order valence-electron chi connectivity index (χ3n) is 18.1. The molecule has 0 radical (unpaired) electrons. The van der Waals surface area contributed by atoms with E-state index in [1.807, 2.05) is 42.5 Å². The monoisotopic (exact) mass is 1330 g/mol. The lowest BCUT2D eigenvalue weighted by Gasteiger charge is -2.43. The zero-order valence-electron chi connectivity index (χ0n) is 54.0. The quantitative estimate of drug-likeness (QED) is 0.0521. The number of aromatic hydroxyl groups is 5. The zero-order chi connectivity index (χ0) is 67.4. The summed E-state index contributed by atoms with van der Waals surface area (Å²) in [6, 6.07) is 36.4. The van der Waals surface area contributed by atoms with Gasteiger partial charge in [0.15, 0.2) is 46.0 Å². The Morgan fingerprint density at radius 1 is 0.719 bits per heavy atom. The lowest BCUT2D eigenvalue weighted by Crippen LogP contribution is -2.48. The number of phenols is 5. The summed E-state index contributed by atoms with van der Waals surface area (Å²) in [4.78, 5) is 25.8. The van der Waals surface area contributed by atoms with Gasteiger partial charge < -0.3 is 72.9 Å². The number of phenolic OH excluding ortho intramolecular Hbond substituents is 5. The van der Waals surface area contributed by atoms with Crippen molar-refractivity contribution in [2.75, 3.05) is 100 Å². The molecule has 1 saturated heterocycles. The van der Waals surface area contributed by atoms with Gasteiger partial charge in [0, 0.05) is 74.3 Å². The van der Waals surface area contributed by atoms with Gasteiger partial charge in [-0.2, -0.15) is 0 Å². The molecule has 6 bridgehead atoms. The van der Waals surface area contributed by atoms with Crippen molar-refractivity contribution in [1.82, 2.24) is 19.8 Å². The molecule has 0 spiro atoms. The number of morpholine rings is 1. The van der Waals surface area contributed by atoms with Crippen LogP contribution in [0.4, 0.5) is 15.9 Å². The summed E-state index contributed by atoms with van der Waals surface area (Å²) in [5, 5.41) is 54.8. The van der Waals surface area contributed by atoms with E-state index in [9.17, 15) is 34.7 Å². The third kappa shape index (κ3) is 14.3. The van der Waals surface area contributed by atoms with E-state index < -0.39 is 11.2 Å². The highest BCUT2D eigenvalue weighted by Crippen LogP contribution is 2.52. The number of ether oxygens (including phenoxy) is 7. The molecule has 5 aliphatic rings. The fraction of sp³-hybridized carbons (Fsp3) is 0.284. The average molecular weight is 1330 g/mol. The number of likely N-dealkylation sites (N-methyl/N-ethyl adjacent to an activating group) is 2. The van der Waals surface area contributed by atoms with Crippen LogP contribution in [0.1, 0.15) is 51.9 Å². The van der Waals surface area contributed by atoms with Crippen molar-refractivity contribution in [3.63, 3.8) is 0 Å². The summed E-state index contributed by atoms with van der Waals surface area (Å²) in [7, 11) is 11.4. The number of nitrogens with zero attached hydrogens (tertiary/aromatic N) is 5. The number of anilines is 2. The van der Waals surface area contributed by atoms with E-state index in [4.69, 9.17) is 49.2 Å². The molecule has 2 atom stereocenters. The van der Waals surface area contributed by atoms with Gasteiger partial charge in [0.25, 0.3) is 0 Å². The number of hydrogen-bond acceptors (Lipinski definition) is 19. The molecule has 0 amide bonds. The number of fused-ring (bicyclic) bond motifs is 4. The van der Waals surface area contributed by atoms with E-state index >= 15 is 0 Å². The molecule has 10 aromatic rings. The van der Waals surface area contributed by atoms with Crippen LogP contribution in [0.3, 0.4) is 0 Å². The lowest BCUT2D eigenvalue weighted by atomic mass is 9.86. The average Bonchev–Trinajstić information content (AvgIpc) is 0.752. The highest BCUT2D eigenvalue weighted by Gasteiger charge is 2.41. The van der Waals surface area contributed by atoms with E-state index in [2.05, 4.69) is 70.5 Å². The molecule has 8 aromatic carbocycles. The van der Waals surface area contributed by atoms with Gasteiger partial charge in [-0.25, -0.2) is 14.4 Å². The van der Waals surface area contributed by atoms with E-state index in [-0.39, 0.29) is 62.4 Å². The summed E-state index contributed by atoms with van der Waals surface area (Å²) >= 11 is 5.90. The highest BCUT2D eigenvalue weighted by molar-refractivity contribution is 6.31. The number of nitrogens with one attached hydrogen (secondary N) is 1. The maximum atomic E-state index is 13.5. The normalized spacial score (nSPS) is 16.4. The highest BCUT2D eigenvalue weighted by atomic mass is 35.5. The Morgan fingerprint density at radius 3 is 2.22 bits per heavy atom. The molecule has 96 heavy (non-hydrogen) atoms. The van der Waals surface area contributed by atoms with Gasteiger partial charge in [-0.3, -0.25) is 14.6 Å². The number of methoxy groups -OCH3 is 3. The molecule has 0 saturated carbocycles. The Hall–Kier alpha value is -10.0. The van der Waals surface area contributed by atoms with Crippen molar-refractivity contribution in [2.24, 2.45) is 0 Å². The Labute approximate surface area is 559 Å². The van der Waals surface area contributed by atoms with Gasteiger partial charge in [0.05, 0.1) is 83.5 Å². The first-order valence-corrected chi connectivity index (χ1v) is 31.9. The number of hydrogen-bond donors (Lipinski definition) is 6. The summed E-state index contributed by atoms with van der Waals surface area (Å²) in [6.45, 7) is 6.84. The standard InChI is InChI=1S/C37H40N2O6.C22H24ClFN4O3.C15H10O5/c1-38-14-12-24-19-32(42-4)33-21-27(24)28(38)16-22-6-9-26(10-7-22)44-37-35-25(20-34(43-5)36(37)41)13-15-39(2,3)29(35)17-23-8-11-30(40)31(18-23)45-33;1-29-20-13-19-16(12-21(20)31-8-2-5-28-6-9-30-10-7-28)22(26-14-25-19)27-15-3-4-18(24)17(23)11-15;16-9-3-1-8(2-4-9)11-7-20-13-6-10(17)5-12(18)14(13)15(11)19/h6-11,18-21,28-29H,12-17H2,1-5H3,(H-,40,41);3-4,11-14H,2,5-10H2,1H3,(H,25,26,27);1-7,16-18H/p+1/t28-,29+;;/m0../s1. The Morgan fingerprint density at radius 2 is 1.47 bits per heavy atom. The van der Waals surface area contributed by atoms with Crippen molar-refractivity contribution < 1.29 is 72.0 Å². The maximum Gasteiger partial charge on any atom is 0.204 e. The molecule has 22 heteroatoms. The van der Waals surface area contributed by atoms with Gasteiger partial charge in [-0.1, -0.05) is 41.9 Å². The fourth-order valence-corrected chi connectivity index (χ4v) is 12.9. The number of aromatic nitrogens is 2. The Balaban J connectivity index is 0.000000149. The van der Waals surface area contributed by atoms with Crippen LogP contribution in [-0.4, -0.2) is 145 Å². The van der Waals surface area contributed by atoms with Crippen LogP contribution < -0.4 is 39.2 Å². The van der Waals surface area contributed by atoms with Crippen molar-refractivity contribution >= 4 is 45.0 Å². The summed E-state index contributed by atoms with van der Waals surface area (Å²) in [5.74, 6) is 4.02. The molecule has 1 fully saturated rings. The minimum atomic E-state index is -0.475. The van der Waals surface area contributed by atoms with Crippen LogP contribution in [-0.2, 0) is 30.4 Å². The lowest BCUT2D eigenvalue weighted by molar-refractivity contribution is -0.923. The van der Waals surface area contributed by atoms with Gasteiger partial charge in [0.2, 0.25) is 11.2 Å². The smallest absolute Gasteiger partial charge is 0.204 e. The van der Waals surface area contributed by atoms with Crippen LogP contribution >= 0.6 is 11.6 Å². The molecule has 0 aliphatic carbocycles. The first kappa shape index (κ1) is 66.0. The topological polar surface area (TPSA) is 240 Å². The molecule has 498 valence electrons. The van der Waals surface area contributed by atoms with E-state index in [0.717, 1.165) is 99.8 Å². The largest absolute Gasteiger partial charge is 0.508 e. The van der Waals surface area contributed by atoms with Crippen LogP contribution in [0.2, 0.25) is 5.02 Å². The van der Waals surface area contributed by atoms with Gasteiger partial charge in [-0.15, -0.1) is 0 Å². The molecule has 15 rings (SSSR count). The van der Waals surface area contributed by atoms with E-state index in [1.54, 1.807) is 45.6 Å². The van der Waals surface area contributed by atoms with Gasteiger partial charge in [-0.05, 0) is 139 Å². The van der Waals surface area contributed by atoms with Gasteiger partial charge >= 0.3 is 0 Å². The fourth-order valence-electron chi connectivity index (χ4n) is 12.8. The predicted molar refractivity (Wildman–Crippen MR) is 363 cm³/mol. The van der Waals surface area contributed by atoms with E-state index in [1.165, 1.54) is 59.6 Å². The SMILES string of the molecule is COc1cc2c3cc1Oc1cc(ccc1O)C[C@@H]1c4c(cc(OC)c(O)c4Oc4ccc(cc4)C[C@@H]3N(C)CC2)CC[N+]1(C)C.COc1cc2ncnc(Nc3ccc(F)c(Cl)c3)c2cc1OCCCN1CCOCC1.O=c1c(-c2ccc(O)cc2)coc2cc(O)cc(O)c12. The summed E-state index contributed by atoms with van der Waals surface area (Å²) < 4.78 is 60.8.